The van der Waals surface area contributed by atoms with Gasteiger partial charge in [0.1, 0.15) is 0 Å². The molecule has 1 saturated carbocycles. The second kappa shape index (κ2) is 7.84. The van der Waals surface area contributed by atoms with Gasteiger partial charge in [-0.25, -0.2) is 4.98 Å². The van der Waals surface area contributed by atoms with Crippen LogP contribution < -0.4 is 16.2 Å². The number of carbonyl (C=O) groups is 1. The van der Waals surface area contributed by atoms with Crippen LogP contribution in [0, 0.1) is 6.92 Å². The van der Waals surface area contributed by atoms with Gasteiger partial charge in [0.05, 0.1) is 0 Å². The first kappa shape index (κ1) is 18.2. The number of anilines is 1. The number of benzene rings is 1. The van der Waals surface area contributed by atoms with Gasteiger partial charge in [-0.3, -0.25) is 14.7 Å². The topological polar surface area (TPSA) is 104 Å². The molecule has 1 fully saturated rings. The molecule has 3 N–H and O–H groups in total. The van der Waals surface area contributed by atoms with E-state index in [2.05, 4.69) is 25.7 Å². The number of aromatic nitrogens is 4. The maximum absolute atomic E-state index is 12.4. The first-order chi connectivity index (χ1) is 13.6. The molecule has 146 valence electrons. The summed E-state index contributed by atoms with van der Waals surface area (Å²) < 4.78 is 1.30. The fraction of sp³-hybridized carbons (Fsp3) is 0.400. The quantitative estimate of drug-likeness (QED) is 0.630. The van der Waals surface area contributed by atoms with Crippen LogP contribution in [0.5, 0.6) is 0 Å². The lowest BCUT2D eigenvalue weighted by atomic mass is 9.95. The highest BCUT2D eigenvalue weighted by Gasteiger charge is 2.16. The lowest BCUT2D eigenvalue weighted by Crippen LogP contribution is -2.36. The molecule has 2 aromatic heterocycles. The minimum Gasteiger partial charge on any atom is -0.351 e. The molecule has 0 radical (unpaired) electrons. The smallest absolute Gasteiger partial charge is 0.274 e. The third kappa shape index (κ3) is 4.05. The number of hydrogen-bond acceptors (Lipinski definition) is 5. The van der Waals surface area contributed by atoms with E-state index in [0.29, 0.717) is 35.6 Å². The van der Waals surface area contributed by atoms with Gasteiger partial charge in [-0.15, -0.1) is 0 Å². The van der Waals surface area contributed by atoms with E-state index in [4.69, 9.17) is 0 Å². The highest BCUT2D eigenvalue weighted by molar-refractivity contribution is 5.94. The van der Waals surface area contributed by atoms with Crippen molar-refractivity contribution in [3.05, 3.63) is 57.5 Å². The van der Waals surface area contributed by atoms with Crippen LogP contribution in [0.1, 0.15) is 53.7 Å². The largest absolute Gasteiger partial charge is 0.351 e. The second-order valence-electron chi connectivity index (χ2n) is 7.30. The van der Waals surface area contributed by atoms with Crippen LogP contribution in [0.15, 0.2) is 35.1 Å². The van der Waals surface area contributed by atoms with Crippen LogP contribution in [-0.2, 0) is 6.54 Å². The molecule has 1 amide bonds. The van der Waals surface area contributed by atoms with E-state index >= 15 is 0 Å². The van der Waals surface area contributed by atoms with E-state index in [-0.39, 0.29) is 11.5 Å². The van der Waals surface area contributed by atoms with Crippen molar-refractivity contribution >= 4 is 17.6 Å². The Morgan fingerprint density at radius 2 is 1.93 bits per heavy atom. The lowest BCUT2D eigenvalue weighted by molar-refractivity contribution is 0.0927. The average Bonchev–Trinajstić information content (AvgIpc) is 3.11. The van der Waals surface area contributed by atoms with E-state index in [0.717, 1.165) is 18.4 Å². The molecular formula is C20H24N6O2. The maximum atomic E-state index is 12.4. The van der Waals surface area contributed by atoms with Crippen LogP contribution >= 0.6 is 0 Å². The Kier molecular flexibility index (Phi) is 5.10. The number of nitrogens with zero attached hydrogens (tertiary/aromatic N) is 3. The summed E-state index contributed by atoms with van der Waals surface area (Å²) in [6, 6.07) is 9.26. The molecule has 0 unspecified atom stereocenters. The van der Waals surface area contributed by atoms with Crippen LogP contribution in [-0.4, -0.2) is 31.5 Å². The number of fused-ring (bicyclic) bond motifs is 1. The number of nitrogens with one attached hydrogen (secondary N) is 3. The molecule has 0 saturated heterocycles. The second-order valence-corrected chi connectivity index (χ2v) is 7.30. The van der Waals surface area contributed by atoms with Gasteiger partial charge in [0.2, 0.25) is 5.95 Å². The van der Waals surface area contributed by atoms with Crippen molar-refractivity contribution in [1.29, 1.82) is 0 Å². The number of aryl methyl sites for hydroxylation is 1. The third-order valence-electron chi connectivity index (χ3n) is 5.08. The number of rotatable bonds is 5. The van der Waals surface area contributed by atoms with E-state index in [1.807, 2.05) is 24.3 Å². The number of carbonyl (C=O) groups excluding carboxylic acids is 1. The highest BCUT2D eigenvalue weighted by Crippen LogP contribution is 2.18. The molecule has 0 spiro atoms. The number of hydrogen-bond donors (Lipinski definition) is 3. The Morgan fingerprint density at radius 3 is 2.68 bits per heavy atom. The normalized spacial score (nSPS) is 14.9. The molecule has 8 heteroatoms. The van der Waals surface area contributed by atoms with Crippen LogP contribution in [0.2, 0.25) is 0 Å². The van der Waals surface area contributed by atoms with Crippen molar-refractivity contribution < 1.29 is 4.79 Å². The standard InChI is InChI=1S/C20H24N6O2/c1-13-11-17(27)26-20(22-13)24-19(25-26)21-12-14-7-9-15(10-8-14)18(28)23-16-5-3-2-4-6-16/h7-11,16H,2-6,12H2,1H3,(H,23,28)(H2,21,22,24,25). The summed E-state index contributed by atoms with van der Waals surface area (Å²) >= 11 is 0. The summed E-state index contributed by atoms with van der Waals surface area (Å²) in [6.45, 7) is 2.27. The number of aromatic amines is 1. The summed E-state index contributed by atoms with van der Waals surface area (Å²) in [5.74, 6) is 0.793. The fourth-order valence-electron chi connectivity index (χ4n) is 3.55. The Hall–Kier alpha value is -3.16. The zero-order chi connectivity index (χ0) is 19.5. The summed E-state index contributed by atoms with van der Waals surface area (Å²) in [5, 5.41) is 9.16. The number of amides is 1. The minimum atomic E-state index is -0.198. The summed E-state index contributed by atoms with van der Waals surface area (Å²) in [6.07, 6.45) is 5.80. The molecule has 1 aliphatic carbocycles. The van der Waals surface area contributed by atoms with Gasteiger partial charge in [0.15, 0.2) is 0 Å². The van der Waals surface area contributed by atoms with E-state index in [9.17, 15) is 9.59 Å². The average molecular weight is 380 g/mol. The molecule has 3 aromatic rings. The first-order valence-electron chi connectivity index (χ1n) is 9.68. The van der Waals surface area contributed by atoms with Crippen LogP contribution in [0.4, 0.5) is 5.95 Å². The molecule has 2 heterocycles. The molecule has 1 aliphatic rings. The molecule has 28 heavy (non-hydrogen) atoms. The van der Waals surface area contributed by atoms with Gasteiger partial charge in [0.25, 0.3) is 17.2 Å². The van der Waals surface area contributed by atoms with Crippen molar-refractivity contribution in [2.75, 3.05) is 5.32 Å². The van der Waals surface area contributed by atoms with Crippen LogP contribution in [0.25, 0.3) is 5.78 Å². The van der Waals surface area contributed by atoms with Gasteiger partial charge in [-0.2, -0.15) is 9.50 Å². The molecule has 0 aliphatic heterocycles. The molecule has 0 bridgehead atoms. The minimum absolute atomic E-state index is 0.00971. The van der Waals surface area contributed by atoms with Crippen molar-refractivity contribution in [3.8, 4) is 0 Å². The van der Waals surface area contributed by atoms with Gasteiger partial charge in [0, 0.05) is 29.9 Å². The predicted molar refractivity (Wildman–Crippen MR) is 106 cm³/mol. The Labute approximate surface area is 162 Å². The third-order valence-corrected chi connectivity index (χ3v) is 5.08. The SMILES string of the molecule is Cc1cc(=O)n2[nH]c(NCc3ccc(C(=O)NC4CCCCC4)cc3)nc2n1. The summed E-state index contributed by atoms with van der Waals surface area (Å²) in [4.78, 5) is 32.8. The molecular weight excluding hydrogens is 356 g/mol. The molecule has 4 rings (SSSR count). The van der Waals surface area contributed by atoms with Crippen LogP contribution in [0.3, 0.4) is 0 Å². The lowest BCUT2D eigenvalue weighted by Gasteiger charge is -2.22. The Bertz CT molecular complexity index is 1030. The van der Waals surface area contributed by atoms with Crippen molar-refractivity contribution in [3.63, 3.8) is 0 Å². The number of H-pyrrole nitrogens is 1. The van der Waals surface area contributed by atoms with Gasteiger partial charge in [-0.05, 0) is 37.5 Å². The maximum Gasteiger partial charge on any atom is 0.274 e. The van der Waals surface area contributed by atoms with Crippen molar-refractivity contribution in [2.24, 2.45) is 0 Å². The fourth-order valence-corrected chi connectivity index (χ4v) is 3.55. The predicted octanol–water partition coefficient (Wildman–Crippen LogP) is 2.40. The van der Waals surface area contributed by atoms with Gasteiger partial charge in [-0.1, -0.05) is 31.4 Å². The van der Waals surface area contributed by atoms with Gasteiger partial charge < -0.3 is 10.6 Å². The molecule has 8 nitrogen and oxygen atoms in total. The Balaban J connectivity index is 1.37. The zero-order valence-electron chi connectivity index (χ0n) is 15.9. The monoisotopic (exact) mass is 380 g/mol. The summed E-state index contributed by atoms with van der Waals surface area (Å²) in [5.41, 5.74) is 2.11. The van der Waals surface area contributed by atoms with Crippen molar-refractivity contribution in [2.45, 2.75) is 51.6 Å². The van der Waals surface area contributed by atoms with E-state index in [1.165, 1.54) is 29.8 Å². The highest BCUT2D eigenvalue weighted by atomic mass is 16.1. The molecule has 1 aromatic carbocycles. The van der Waals surface area contributed by atoms with Crippen molar-refractivity contribution in [1.82, 2.24) is 24.9 Å². The Morgan fingerprint density at radius 1 is 1.18 bits per heavy atom. The zero-order valence-corrected chi connectivity index (χ0v) is 15.9. The van der Waals surface area contributed by atoms with E-state index in [1.54, 1.807) is 6.92 Å². The first-order valence-corrected chi connectivity index (χ1v) is 9.68. The summed E-state index contributed by atoms with van der Waals surface area (Å²) in [7, 11) is 0. The molecule has 0 atom stereocenters. The van der Waals surface area contributed by atoms with E-state index < -0.39 is 0 Å². The van der Waals surface area contributed by atoms with Gasteiger partial charge >= 0.3 is 0 Å².